The summed E-state index contributed by atoms with van der Waals surface area (Å²) in [5.74, 6) is -0.247. The highest BCUT2D eigenvalue weighted by Crippen LogP contribution is 2.18. The van der Waals surface area contributed by atoms with Crippen molar-refractivity contribution in [3.8, 4) is 0 Å². The molecule has 0 aliphatic heterocycles. The average Bonchev–Trinajstić information content (AvgIpc) is 2.82. The summed E-state index contributed by atoms with van der Waals surface area (Å²) in [4.78, 5) is 27.8. The minimum atomic E-state index is -0.172. The van der Waals surface area contributed by atoms with E-state index in [-0.39, 0.29) is 24.8 Å². The fourth-order valence-corrected chi connectivity index (χ4v) is 1.96. The van der Waals surface area contributed by atoms with Crippen molar-refractivity contribution in [2.75, 3.05) is 20.6 Å². The molecule has 2 amide bonds. The standard InChI is InChI=1S/C14H17N3O2/c1-15-13(18)9-17(2)14(19)7-10-8-16-12-6-4-3-5-11(10)12/h3-6,8,16H,7,9H2,1-2H3,(H,15,18). The maximum Gasteiger partial charge on any atom is 0.239 e. The van der Waals surface area contributed by atoms with Crippen LogP contribution < -0.4 is 5.32 Å². The largest absolute Gasteiger partial charge is 0.361 e. The molecule has 2 aromatic rings. The number of carbonyl (C=O) groups excluding carboxylic acids is 2. The zero-order chi connectivity index (χ0) is 13.8. The Balaban J connectivity index is 2.08. The van der Waals surface area contributed by atoms with Crippen LogP contribution in [0.25, 0.3) is 10.9 Å². The number of likely N-dealkylation sites (N-methyl/N-ethyl adjacent to an activating group) is 2. The average molecular weight is 259 g/mol. The van der Waals surface area contributed by atoms with Crippen molar-refractivity contribution in [1.29, 1.82) is 0 Å². The van der Waals surface area contributed by atoms with E-state index in [1.165, 1.54) is 4.90 Å². The monoisotopic (exact) mass is 259 g/mol. The second-order valence-corrected chi connectivity index (χ2v) is 4.46. The van der Waals surface area contributed by atoms with E-state index in [2.05, 4.69) is 10.3 Å². The summed E-state index contributed by atoms with van der Waals surface area (Å²) in [5, 5.41) is 3.55. The second kappa shape index (κ2) is 5.56. The molecule has 0 radical (unpaired) electrons. The van der Waals surface area contributed by atoms with E-state index in [9.17, 15) is 9.59 Å². The highest BCUT2D eigenvalue weighted by Gasteiger charge is 2.14. The molecule has 5 heteroatoms. The number of nitrogens with zero attached hydrogens (tertiary/aromatic N) is 1. The second-order valence-electron chi connectivity index (χ2n) is 4.46. The van der Waals surface area contributed by atoms with E-state index < -0.39 is 0 Å². The van der Waals surface area contributed by atoms with Gasteiger partial charge in [0.1, 0.15) is 0 Å². The number of nitrogens with one attached hydrogen (secondary N) is 2. The van der Waals surface area contributed by atoms with E-state index in [4.69, 9.17) is 0 Å². The van der Waals surface area contributed by atoms with Crippen molar-refractivity contribution < 1.29 is 9.59 Å². The van der Waals surface area contributed by atoms with Gasteiger partial charge < -0.3 is 15.2 Å². The van der Waals surface area contributed by atoms with Crippen LogP contribution in [0.1, 0.15) is 5.56 Å². The number of benzene rings is 1. The fraction of sp³-hybridized carbons (Fsp3) is 0.286. The number of para-hydroxylation sites is 1. The first-order chi connectivity index (χ1) is 9.11. The van der Waals surface area contributed by atoms with Crippen LogP contribution in [-0.2, 0) is 16.0 Å². The Morgan fingerprint density at radius 1 is 1.32 bits per heavy atom. The van der Waals surface area contributed by atoms with Crippen LogP contribution in [0, 0.1) is 0 Å². The number of rotatable bonds is 4. The van der Waals surface area contributed by atoms with Crippen LogP contribution in [0.4, 0.5) is 0 Å². The summed E-state index contributed by atoms with van der Waals surface area (Å²) in [6.07, 6.45) is 2.13. The molecule has 0 aliphatic rings. The molecule has 0 saturated heterocycles. The minimum absolute atomic E-state index is 0.0756. The molecule has 0 spiro atoms. The summed E-state index contributed by atoms with van der Waals surface area (Å²) in [6, 6.07) is 7.84. The van der Waals surface area contributed by atoms with Gasteiger partial charge in [-0.3, -0.25) is 9.59 Å². The molecule has 19 heavy (non-hydrogen) atoms. The van der Waals surface area contributed by atoms with E-state index in [1.807, 2.05) is 30.5 Å². The lowest BCUT2D eigenvalue weighted by Gasteiger charge is -2.15. The molecule has 100 valence electrons. The van der Waals surface area contributed by atoms with Crippen molar-refractivity contribution in [1.82, 2.24) is 15.2 Å². The van der Waals surface area contributed by atoms with Gasteiger partial charge in [-0.05, 0) is 11.6 Å². The molecule has 5 nitrogen and oxygen atoms in total. The third kappa shape index (κ3) is 2.93. The molecule has 0 unspecified atom stereocenters. The third-order valence-electron chi connectivity index (χ3n) is 3.10. The number of aromatic amines is 1. The molecular weight excluding hydrogens is 242 g/mol. The highest BCUT2D eigenvalue weighted by molar-refractivity contribution is 5.90. The summed E-state index contributed by atoms with van der Waals surface area (Å²) in [7, 11) is 3.19. The van der Waals surface area contributed by atoms with Crippen LogP contribution in [0.15, 0.2) is 30.5 Å². The van der Waals surface area contributed by atoms with E-state index in [0.29, 0.717) is 0 Å². The Morgan fingerprint density at radius 3 is 2.79 bits per heavy atom. The van der Waals surface area contributed by atoms with Crippen LogP contribution in [0.2, 0.25) is 0 Å². The molecule has 2 rings (SSSR count). The molecule has 0 bridgehead atoms. The first-order valence-electron chi connectivity index (χ1n) is 6.11. The van der Waals surface area contributed by atoms with Gasteiger partial charge >= 0.3 is 0 Å². The number of carbonyl (C=O) groups is 2. The molecule has 1 aromatic heterocycles. The van der Waals surface area contributed by atoms with Gasteiger partial charge in [0.15, 0.2) is 0 Å². The zero-order valence-electron chi connectivity index (χ0n) is 11.1. The van der Waals surface area contributed by atoms with Gasteiger partial charge in [-0.2, -0.15) is 0 Å². The van der Waals surface area contributed by atoms with Crippen molar-refractivity contribution in [3.63, 3.8) is 0 Å². The molecule has 1 heterocycles. The molecule has 0 fully saturated rings. The third-order valence-corrected chi connectivity index (χ3v) is 3.10. The van der Waals surface area contributed by atoms with Gasteiger partial charge in [-0.25, -0.2) is 0 Å². The summed E-state index contributed by atoms with van der Waals surface area (Å²) in [6.45, 7) is 0.0810. The van der Waals surface area contributed by atoms with Gasteiger partial charge in [0.05, 0.1) is 13.0 Å². The van der Waals surface area contributed by atoms with E-state index in [1.54, 1.807) is 14.1 Å². The van der Waals surface area contributed by atoms with Gasteiger partial charge in [0.25, 0.3) is 0 Å². The van der Waals surface area contributed by atoms with Crippen LogP contribution >= 0.6 is 0 Å². The molecular formula is C14H17N3O2. The number of hydrogen-bond donors (Lipinski definition) is 2. The fourth-order valence-electron chi connectivity index (χ4n) is 1.96. The Labute approximate surface area is 111 Å². The molecule has 1 aromatic carbocycles. The van der Waals surface area contributed by atoms with Gasteiger partial charge in [-0.15, -0.1) is 0 Å². The van der Waals surface area contributed by atoms with Gasteiger partial charge in [0.2, 0.25) is 11.8 Å². The predicted molar refractivity (Wildman–Crippen MR) is 73.7 cm³/mol. The molecule has 2 N–H and O–H groups in total. The van der Waals surface area contributed by atoms with Crippen molar-refractivity contribution in [3.05, 3.63) is 36.0 Å². The predicted octanol–water partition coefficient (Wildman–Crippen LogP) is 0.915. The first kappa shape index (κ1) is 13.1. The molecule has 0 saturated carbocycles. The quantitative estimate of drug-likeness (QED) is 0.857. The Hall–Kier alpha value is -2.30. The van der Waals surface area contributed by atoms with Gasteiger partial charge in [-0.1, -0.05) is 18.2 Å². The van der Waals surface area contributed by atoms with Crippen LogP contribution in [-0.4, -0.2) is 42.3 Å². The zero-order valence-corrected chi connectivity index (χ0v) is 11.1. The van der Waals surface area contributed by atoms with Crippen LogP contribution in [0.5, 0.6) is 0 Å². The number of H-pyrrole nitrogens is 1. The summed E-state index contributed by atoms with van der Waals surface area (Å²) < 4.78 is 0. The van der Waals surface area contributed by atoms with Crippen molar-refractivity contribution in [2.24, 2.45) is 0 Å². The lowest BCUT2D eigenvalue weighted by Crippen LogP contribution is -2.37. The van der Waals surface area contributed by atoms with Crippen molar-refractivity contribution in [2.45, 2.75) is 6.42 Å². The topological polar surface area (TPSA) is 65.2 Å². The lowest BCUT2D eigenvalue weighted by atomic mass is 10.1. The summed E-state index contributed by atoms with van der Waals surface area (Å²) >= 11 is 0. The maximum absolute atomic E-state index is 12.0. The Bertz CT molecular complexity index is 604. The minimum Gasteiger partial charge on any atom is -0.361 e. The molecule has 0 aliphatic carbocycles. The number of hydrogen-bond acceptors (Lipinski definition) is 2. The SMILES string of the molecule is CNC(=O)CN(C)C(=O)Cc1c[nH]c2ccccc12. The van der Waals surface area contributed by atoms with Crippen LogP contribution in [0.3, 0.4) is 0 Å². The Kier molecular flexibility index (Phi) is 3.85. The van der Waals surface area contributed by atoms with Gasteiger partial charge in [0, 0.05) is 31.2 Å². The highest BCUT2D eigenvalue weighted by atomic mass is 16.2. The summed E-state index contributed by atoms with van der Waals surface area (Å²) in [5.41, 5.74) is 1.96. The number of amides is 2. The molecule has 0 atom stereocenters. The Morgan fingerprint density at radius 2 is 2.05 bits per heavy atom. The van der Waals surface area contributed by atoms with E-state index in [0.717, 1.165) is 16.5 Å². The number of fused-ring (bicyclic) bond motifs is 1. The first-order valence-corrected chi connectivity index (χ1v) is 6.11. The smallest absolute Gasteiger partial charge is 0.239 e. The van der Waals surface area contributed by atoms with Crippen molar-refractivity contribution >= 4 is 22.7 Å². The lowest BCUT2D eigenvalue weighted by molar-refractivity contribution is -0.134. The van der Waals surface area contributed by atoms with E-state index >= 15 is 0 Å². The number of aromatic nitrogens is 1. The maximum atomic E-state index is 12.0. The normalized spacial score (nSPS) is 10.4.